The molecule has 2 atom stereocenters. The Morgan fingerprint density at radius 3 is 2.75 bits per heavy atom. The molecule has 0 aromatic heterocycles. The lowest BCUT2D eigenvalue weighted by atomic mass is 9.89. The van der Waals surface area contributed by atoms with E-state index in [9.17, 15) is 4.79 Å². The first-order chi connectivity index (χ1) is 7.54. The van der Waals surface area contributed by atoms with Crippen molar-refractivity contribution in [3.05, 3.63) is 0 Å². The van der Waals surface area contributed by atoms with Crippen molar-refractivity contribution in [2.45, 2.75) is 30.8 Å². The zero-order chi connectivity index (χ0) is 12.2. The van der Waals surface area contributed by atoms with Gasteiger partial charge in [0.25, 0.3) is 0 Å². The Morgan fingerprint density at radius 2 is 2.38 bits per heavy atom. The van der Waals surface area contributed by atoms with Gasteiger partial charge in [0, 0.05) is 24.6 Å². The molecule has 5 N–H and O–H groups in total. The third kappa shape index (κ3) is 3.20. The van der Waals surface area contributed by atoms with Gasteiger partial charge in [0.15, 0.2) is 0 Å². The van der Waals surface area contributed by atoms with Gasteiger partial charge < -0.3 is 21.6 Å². The zero-order valence-electron chi connectivity index (χ0n) is 9.15. The van der Waals surface area contributed by atoms with Crippen LogP contribution in [0, 0.1) is 11.3 Å². The quantitative estimate of drug-likeness (QED) is 0.309. The molecule has 6 heteroatoms. The molecule has 0 heterocycles. The fourth-order valence-electron chi connectivity index (χ4n) is 1.69. The van der Waals surface area contributed by atoms with Crippen LogP contribution in [0.3, 0.4) is 0 Å². The number of hydrogen-bond donors (Lipinski definition) is 5. The molecule has 1 saturated carbocycles. The molecule has 92 valence electrons. The first kappa shape index (κ1) is 13.5. The third-order valence-corrected chi connectivity index (χ3v) is 3.54. The van der Waals surface area contributed by atoms with Crippen molar-refractivity contribution < 1.29 is 9.90 Å². The lowest BCUT2D eigenvalue weighted by molar-refractivity contribution is -0.143. The fourth-order valence-corrected chi connectivity index (χ4v) is 2.05. The van der Waals surface area contributed by atoms with E-state index in [2.05, 4.69) is 17.9 Å². The number of nitrogens with two attached hydrogens (primary N) is 1. The molecule has 1 aliphatic carbocycles. The summed E-state index contributed by atoms with van der Waals surface area (Å²) in [6.45, 7) is 0.345. The van der Waals surface area contributed by atoms with Gasteiger partial charge in [0.05, 0.1) is 0 Å². The van der Waals surface area contributed by atoms with Crippen molar-refractivity contribution in [1.82, 2.24) is 5.32 Å². The molecule has 1 fully saturated rings. The molecule has 0 radical (unpaired) electrons. The van der Waals surface area contributed by atoms with E-state index in [0.717, 1.165) is 19.3 Å². The van der Waals surface area contributed by atoms with Gasteiger partial charge in [-0.05, 0) is 12.3 Å². The van der Waals surface area contributed by atoms with E-state index >= 15 is 0 Å². The zero-order valence-corrected chi connectivity index (χ0v) is 10.0. The van der Waals surface area contributed by atoms with E-state index in [1.165, 1.54) is 6.21 Å². The van der Waals surface area contributed by atoms with Gasteiger partial charge in [0.2, 0.25) is 0 Å². The molecule has 1 rings (SSSR count). The molecular weight excluding hydrogens is 226 g/mol. The predicted molar refractivity (Wildman–Crippen MR) is 66.3 cm³/mol. The van der Waals surface area contributed by atoms with Gasteiger partial charge in [-0.3, -0.25) is 4.79 Å². The van der Waals surface area contributed by atoms with Gasteiger partial charge in [-0.2, -0.15) is 12.6 Å². The van der Waals surface area contributed by atoms with E-state index in [4.69, 9.17) is 16.2 Å². The van der Waals surface area contributed by atoms with Crippen LogP contribution in [0.15, 0.2) is 0 Å². The Kier molecular flexibility index (Phi) is 4.76. The second-order valence-electron chi connectivity index (χ2n) is 4.35. The number of nitrogens with one attached hydrogen (secondary N) is 2. The Morgan fingerprint density at radius 1 is 1.75 bits per heavy atom. The maximum atomic E-state index is 11.2. The molecule has 16 heavy (non-hydrogen) atoms. The van der Waals surface area contributed by atoms with Crippen LogP contribution in [0.5, 0.6) is 0 Å². The summed E-state index contributed by atoms with van der Waals surface area (Å²) in [5.41, 5.74) is 4.54. The van der Waals surface area contributed by atoms with Crippen LogP contribution >= 0.6 is 12.6 Å². The molecular formula is C10H19N3O2S. The summed E-state index contributed by atoms with van der Waals surface area (Å²) in [6, 6.07) is -0.323. The SMILES string of the molecule is N=CCN[C@H](CC1CC1)[C@](N)(CS)C(=O)O. The van der Waals surface area contributed by atoms with E-state index in [1.54, 1.807) is 0 Å². The molecule has 0 amide bonds. The first-order valence-electron chi connectivity index (χ1n) is 5.40. The normalized spacial score (nSPS) is 21.1. The van der Waals surface area contributed by atoms with E-state index in [0.29, 0.717) is 12.5 Å². The minimum absolute atomic E-state index is 0.0880. The highest BCUT2D eigenvalue weighted by atomic mass is 32.1. The van der Waals surface area contributed by atoms with Crippen LogP contribution in [0.4, 0.5) is 0 Å². The number of carboxylic acid groups (broad SMARTS) is 1. The standard InChI is InChI=1S/C10H19N3O2S/c11-3-4-13-8(5-7-1-2-7)10(12,6-16)9(14)15/h3,7-8,11,13,16H,1-2,4-6,12H2,(H,14,15)/t8-,10-/m1/s1. The van der Waals surface area contributed by atoms with E-state index < -0.39 is 11.5 Å². The Balaban J connectivity index is 2.69. The average molecular weight is 245 g/mol. The smallest absolute Gasteiger partial charge is 0.326 e. The number of aliphatic carboxylic acids is 1. The van der Waals surface area contributed by atoms with Crippen LogP contribution in [-0.4, -0.2) is 41.2 Å². The van der Waals surface area contributed by atoms with Gasteiger partial charge in [-0.15, -0.1) is 0 Å². The summed E-state index contributed by atoms with van der Waals surface area (Å²) >= 11 is 4.04. The van der Waals surface area contributed by atoms with Crippen molar-refractivity contribution in [3.8, 4) is 0 Å². The second-order valence-corrected chi connectivity index (χ2v) is 4.66. The second kappa shape index (κ2) is 5.65. The molecule has 0 unspecified atom stereocenters. The first-order valence-corrected chi connectivity index (χ1v) is 6.03. The number of rotatable bonds is 8. The Labute approximate surface area is 101 Å². The monoisotopic (exact) mass is 245 g/mol. The molecule has 1 aliphatic rings. The maximum Gasteiger partial charge on any atom is 0.326 e. The predicted octanol–water partition coefficient (Wildman–Crippen LogP) is 0.106. The summed E-state index contributed by atoms with van der Waals surface area (Å²) in [5.74, 6) is -0.374. The van der Waals surface area contributed by atoms with Gasteiger partial charge in [-0.25, -0.2) is 0 Å². The molecule has 0 aromatic rings. The highest BCUT2D eigenvalue weighted by Crippen LogP contribution is 2.35. The Hall–Kier alpha value is -0.590. The number of carboxylic acids is 1. The minimum Gasteiger partial charge on any atom is -0.480 e. The largest absolute Gasteiger partial charge is 0.480 e. The summed E-state index contributed by atoms with van der Waals surface area (Å²) in [6.07, 6.45) is 4.24. The van der Waals surface area contributed by atoms with Gasteiger partial charge in [0.1, 0.15) is 5.54 Å². The molecule has 0 bridgehead atoms. The van der Waals surface area contributed by atoms with E-state index in [-0.39, 0.29) is 11.8 Å². The van der Waals surface area contributed by atoms with Crippen molar-refractivity contribution in [2.24, 2.45) is 11.7 Å². The molecule has 0 aromatic carbocycles. The fraction of sp³-hybridized carbons (Fsp3) is 0.800. The molecule has 5 nitrogen and oxygen atoms in total. The van der Waals surface area contributed by atoms with Gasteiger partial charge in [-0.1, -0.05) is 12.8 Å². The van der Waals surface area contributed by atoms with Gasteiger partial charge >= 0.3 is 5.97 Å². The van der Waals surface area contributed by atoms with E-state index in [1.807, 2.05) is 0 Å². The van der Waals surface area contributed by atoms with Crippen LogP contribution in [-0.2, 0) is 4.79 Å². The van der Waals surface area contributed by atoms with Crippen molar-refractivity contribution in [1.29, 1.82) is 5.41 Å². The van der Waals surface area contributed by atoms with Crippen molar-refractivity contribution in [3.63, 3.8) is 0 Å². The average Bonchev–Trinajstić information content (AvgIpc) is 3.06. The third-order valence-electron chi connectivity index (χ3n) is 3.01. The van der Waals surface area contributed by atoms with Crippen LogP contribution in [0.2, 0.25) is 0 Å². The molecule has 0 saturated heterocycles. The highest BCUT2D eigenvalue weighted by molar-refractivity contribution is 7.80. The molecule has 0 spiro atoms. The lowest BCUT2D eigenvalue weighted by Gasteiger charge is -2.33. The summed E-state index contributed by atoms with van der Waals surface area (Å²) < 4.78 is 0. The lowest BCUT2D eigenvalue weighted by Crippen LogP contribution is -2.64. The maximum absolute atomic E-state index is 11.2. The minimum atomic E-state index is -1.35. The summed E-state index contributed by atoms with van der Waals surface area (Å²) in [7, 11) is 0. The topological polar surface area (TPSA) is 99.2 Å². The summed E-state index contributed by atoms with van der Waals surface area (Å²) in [4.78, 5) is 11.2. The van der Waals surface area contributed by atoms with Crippen LogP contribution < -0.4 is 11.1 Å². The van der Waals surface area contributed by atoms with Crippen LogP contribution in [0.25, 0.3) is 0 Å². The number of carbonyl (C=O) groups is 1. The summed E-state index contributed by atoms with van der Waals surface area (Å²) in [5, 5.41) is 19.1. The molecule has 0 aliphatic heterocycles. The number of thiol groups is 1. The Bertz CT molecular complexity index is 271. The van der Waals surface area contributed by atoms with Crippen LogP contribution in [0.1, 0.15) is 19.3 Å². The number of hydrogen-bond acceptors (Lipinski definition) is 5. The highest BCUT2D eigenvalue weighted by Gasteiger charge is 2.43. The van der Waals surface area contributed by atoms with Crippen molar-refractivity contribution >= 4 is 24.8 Å². The van der Waals surface area contributed by atoms with Crippen molar-refractivity contribution in [2.75, 3.05) is 12.3 Å².